The van der Waals surface area contributed by atoms with Crippen LogP contribution in [-0.2, 0) is 27.2 Å². The van der Waals surface area contributed by atoms with Gasteiger partial charge in [0.15, 0.2) is 6.10 Å². The predicted molar refractivity (Wildman–Crippen MR) is 99.0 cm³/mol. The van der Waals surface area contributed by atoms with Gasteiger partial charge < -0.3 is 9.47 Å². The molecule has 148 valence electrons. The number of hydrogen-bond acceptors (Lipinski definition) is 7. The zero-order valence-corrected chi connectivity index (χ0v) is 15.7. The van der Waals surface area contributed by atoms with Gasteiger partial charge >= 0.3 is 12.1 Å². The Kier molecular flexibility index (Phi) is 5.72. The Morgan fingerprint density at radius 2 is 2.00 bits per heavy atom. The summed E-state index contributed by atoms with van der Waals surface area (Å²) >= 11 is 0. The molecule has 28 heavy (non-hydrogen) atoms. The van der Waals surface area contributed by atoms with E-state index >= 15 is 0 Å². The van der Waals surface area contributed by atoms with Gasteiger partial charge in [-0.2, -0.15) is 0 Å². The van der Waals surface area contributed by atoms with Gasteiger partial charge in [0, 0.05) is 13.0 Å². The lowest BCUT2D eigenvalue weighted by atomic mass is 10.1. The summed E-state index contributed by atoms with van der Waals surface area (Å²) in [6, 6.07) is 4.48. The van der Waals surface area contributed by atoms with E-state index in [0.717, 1.165) is 26.4 Å². The minimum absolute atomic E-state index is 0.118. The molecule has 2 amide bonds. The Bertz CT molecular complexity index is 997. The van der Waals surface area contributed by atoms with Gasteiger partial charge in [-0.05, 0) is 38.0 Å². The van der Waals surface area contributed by atoms with Gasteiger partial charge in [0.1, 0.15) is 5.82 Å². The van der Waals surface area contributed by atoms with E-state index < -0.39 is 24.1 Å². The number of rotatable bonds is 3. The van der Waals surface area contributed by atoms with Crippen LogP contribution in [0.1, 0.15) is 42.4 Å². The molecule has 1 aliphatic heterocycles. The van der Waals surface area contributed by atoms with Crippen molar-refractivity contribution in [2.45, 2.75) is 45.3 Å². The normalized spacial score (nSPS) is 14.5. The third-order valence-corrected chi connectivity index (χ3v) is 4.62. The number of amides is 2. The number of hydrogen-bond donors (Lipinski definition) is 1. The highest BCUT2D eigenvalue weighted by Gasteiger charge is 2.22. The summed E-state index contributed by atoms with van der Waals surface area (Å²) in [5, 5.41) is 2.36. The third kappa shape index (κ3) is 4.03. The molecular weight excluding hydrogens is 366 g/mol. The van der Waals surface area contributed by atoms with Gasteiger partial charge in [0.25, 0.3) is 11.5 Å². The lowest BCUT2D eigenvalue weighted by Gasteiger charge is -2.13. The molecule has 2 aromatic rings. The zero-order chi connectivity index (χ0) is 20.3. The van der Waals surface area contributed by atoms with E-state index in [-0.39, 0.29) is 11.1 Å². The van der Waals surface area contributed by atoms with Crippen molar-refractivity contribution < 1.29 is 23.9 Å². The Morgan fingerprint density at radius 3 is 2.75 bits per heavy atom. The van der Waals surface area contributed by atoms with E-state index in [1.54, 1.807) is 10.6 Å². The van der Waals surface area contributed by atoms with Crippen molar-refractivity contribution in [3.63, 3.8) is 0 Å². The number of nitrogens with zero attached hydrogens (tertiary/aromatic N) is 2. The largest absolute Gasteiger partial charge is 0.453 e. The molecule has 0 spiro atoms. The average Bonchev–Trinajstić information content (AvgIpc) is 2.93. The summed E-state index contributed by atoms with van der Waals surface area (Å²) in [5.74, 6) is -0.847. The number of carbonyl (C=O) groups excluding carboxylic acids is 3. The third-order valence-electron chi connectivity index (χ3n) is 4.62. The molecule has 0 saturated heterocycles. The van der Waals surface area contributed by atoms with Crippen LogP contribution >= 0.6 is 0 Å². The van der Waals surface area contributed by atoms with Crippen LogP contribution in [0.3, 0.4) is 0 Å². The van der Waals surface area contributed by atoms with Crippen molar-refractivity contribution in [1.82, 2.24) is 14.9 Å². The van der Waals surface area contributed by atoms with Crippen molar-refractivity contribution in [2.24, 2.45) is 0 Å². The van der Waals surface area contributed by atoms with Crippen LogP contribution in [0.25, 0.3) is 10.9 Å². The fourth-order valence-electron chi connectivity index (χ4n) is 3.08. The molecule has 3 rings (SSSR count). The van der Waals surface area contributed by atoms with Crippen LogP contribution in [0.5, 0.6) is 0 Å². The highest BCUT2D eigenvalue weighted by atomic mass is 16.6. The van der Waals surface area contributed by atoms with Crippen LogP contribution < -0.4 is 10.9 Å². The highest BCUT2D eigenvalue weighted by Crippen LogP contribution is 2.17. The predicted octanol–water partition coefficient (Wildman–Crippen LogP) is 1.55. The molecule has 0 unspecified atom stereocenters. The molecule has 9 nitrogen and oxygen atoms in total. The van der Waals surface area contributed by atoms with E-state index in [1.807, 2.05) is 5.32 Å². The molecule has 1 aromatic carbocycles. The van der Waals surface area contributed by atoms with Crippen LogP contribution in [0, 0.1) is 0 Å². The van der Waals surface area contributed by atoms with Crippen molar-refractivity contribution in [3.05, 3.63) is 39.9 Å². The van der Waals surface area contributed by atoms with Gasteiger partial charge in [0.05, 0.1) is 23.6 Å². The molecular formula is C19H21N3O6. The second kappa shape index (κ2) is 8.20. The fraction of sp³-hybridized carbons (Fsp3) is 0.421. The standard InChI is InChI=1S/C19H21N3O6/c1-11(16(23)21-19(26)27-2)28-18(25)12-7-8-13-14(10-12)20-15-6-4-3-5-9-22(15)17(13)24/h7-8,10-11H,3-6,9H2,1-2H3,(H,21,23,26)/t11-/m1/s1. The first-order valence-electron chi connectivity index (χ1n) is 9.04. The second-order valence-electron chi connectivity index (χ2n) is 6.56. The lowest BCUT2D eigenvalue weighted by Crippen LogP contribution is -2.39. The Labute approximate surface area is 160 Å². The van der Waals surface area contributed by atoms with Gasteiger partial charge in [-0.25, -0.2) is 14.6 Å². The molecule has 1 aromatic heterocycles. The number of alkyl carbamates (subject to hydrolysis) is 1. The molecule has 0 fully saturated rings. The molecule has 2 heterocycles. The van der Waals surface area contributed by atoms with Crippen molar-refractivity contribution in [3.8, 4) is 0 Å². The number of methoxy groups -OCH3 is 1. The molecule has 0 bridgehead atoms. The number of imide groups is 1. The zero-order valence-electron chi connectivity index (χ0n) is 15.7. The number of nitrogens with one attached hydrogen (secondary N) is 1. The topological polar surface area (TPSA) is 117 Å². The van der Waals surface area contributed by atoms with E-state index in [4.69, 9.17) is 4.74 Å². The number of fused-ring (bicyclic) bond motifs is 2. The summed E-state index contributed by atoms with van der Waals surface area (Å²) in [7, 11) is 1.12. The summed E-state index contributed by atoms with van der Waals surface area (Å²) in [6.07, 6.45) is 1.52. The number of carbonyl (C=O) groups is 3. The molecule has 1 atom stereocenters. The van der Waals surface area contributed by atoms with E-state index in [9.17, 15) is 19.2 Å². The second-order valence-corrected chi connectivity index (χ2v) is 6.56. The maximum absolute atomic E-state index is 12.7. The van der Waals surface area contributed by atoms with Crippen molar-refractivity contribution in [2.75, 3.05) is 7.11 Å². The van der Waals surface area contributed by atoms with Gasteiger partial charge in [-0.15, -0.1) is 0 Å². The molecule has 0 saturated carbocycles. The van der Waals surface area contributed by atoms with E-state index in [0.29, 0.717) is 29.7 Å². The van der Waals surface area contributed by atoms with Crippen LogP contribution in [0.15, 0.2) is 23.0 Å². The Hall–Kier alpha value is -3.23. The summed E-state index contributed by atoms with van der Waals surface area (Å²) in [4.78, 5) is 52.5. The van der Waals surface area contributed by atoms with Crippen LogP contribution in [0.2, 0.25) is 0 Å². The van der Waals surface area contributed by atoms with Gasteiger partial charge in [-0.1, -0.05) is 6.42 Å². The SMILES string of the molecule is COC(=O)NC(=O)[C@@H](C)OC(=O)c1ccc2c(=O)n3c(nc2c1)CCCCC3. The van der Waals surface area contributed by atoms with Crippen LogP contribution in [-0.4, -0.2) is 40.7 Å². The number of benzene rings is 1. The minimum Gasteiger partial charge on any atom is -0.453 e. The summed E-state index contributed by atoms with van der Waals surface area (Å²) in [5.41, 5.74) is 0.461. The molecule has 9 heteroatoms. The highest BCUT2D eigenvalue weighted by molar-refractivity contribution is 5.98. The number of esters is 1. The van der Waals surface area contributed by atoms with Crippen LogP contribution in [0.4, 0.5) is 4.79 Å². The maximum Gasteiger partial charge on any atom is 0.413 e. The fourth-order valence-corrected chi connectivity index (χ4v) is 3.08. The molecule has 0 radical (unpaired) electrons. The molecule has 1 N–H and O–H groups in total. The monoisotopic (exact) mass is 387 g/mol. The van der Waals surface area contributed by atoms with Gasteiger partial charge in [-0.3, -0.25) is 19.5 Å². The number of ether oxygens (including phenoxy) is 2. The quantitative estimate of drug-likeness (QED) is 0.794. The Balaban J connectivity index is 1.83. The maximum atomic E-state index is 12.7. The average molecular weight is 387 g/mol. The number of aryl methyl sites for hydroxylation is 1. The molecule has 1 aliphatic rings. The minimum atomic E-state index is -1.20. The summed E-state index contributed by atoms with van der Waals surface area (Å²) in [6.45, 7) is 1.98. The first kappa shape index (κ1) is 19.5. The first-order valence-corrected chi connectivity index (χ1v) is 9.04. The number of aromatic nitrogens is 2. The smallest absolute Gasteiger partial charge is 0.413 e. The summed E-state index contributed by atoms with van der Waals surface area (Å²) < 4.78 is 11.1. The molecule has 0 aliphatic carbocycles. The lowest BCUT2D eigenvalue weighted by molar-refractivity contribution is -0.128. The van der Waals surface area contributed by atoms with Crippen molar-refractivity contribution >= 4 is 28.9 Å². The Morgan fingerprint density at radius 1 is 1.21 bits per heavy atom. The van der Waals surface area contributed by atoms with E-state index in [2.05, 4.69) is 9.72 Å². The first-order chi connectivity index (χ1) is 13.4. The van der Waals surface area contributed by atoms with E-state index in [1.165, 1.54) is 19.1 Å². The van der Waals surface area contributed by atoms with Crippen molar-refractivity contribution in [1.29, 1.82) is 0 Å². The van der Waals surface area contributed by atoms with Gasteiger partial charge in [0.2, 0.25) is 0 Å².